The Balaban J connectivity index is 2.05. The van der Waals surface area contributed by atoms with Crippen molar-refractivity contribution < 1.29 is 31.1 Å². The van der Waals surface area contributed by atoms with Crippen LogP contribution in [0.3, 0.4) is 0 Å². The van der Waals surface area contributed by atoms with Crippen LogP contribution in [0, 0.1) is 0 Å². The van der Waals surface area contributed by atoms with Crippen LogP contribution in [0.4, 0.5) is 8.78 Å². The second-order valence-electron chi connectivity index (χ2n) is 4.71. The SMILES string of the molecule is COC(=O)c1ccc(S(=O)(=O)N2CCN(CC(F)F)CC2)o1. The summed E-state index contributed by atoms with van der Waals surface area (Å²) >= 11 is 0. The van der Waals surface area contributed by atoms with Crippen LogP contribution in [0.15, 0.2) is 21.6 Å². The predicted molar refractivity (Wildman–Crippen MR) is 71.3 cm³/mol. The van der Waals surface area contributed by atoms with Gasteiger partial charge in [-0.05, 0) is 12.1 Å². The molecule has 0 spiro atoms. The normalized spacial score (nSPS) is 17.8. The van der Waals surface area contributed by atoms with Crippen LogP contribution in [0.25, 0.3) is 0 Å². The summed E-state index contributed by atoms with van der Waals surface area (Å²) in [6.07, 6.45) is -2.45. The van der Waals surface area contributed by atoms with E-state index in [1.54, 1.807) is 0 Å². The highest BCUT2D eigenvalue weighted by Gasteiger charge is 2.32. The number of hydrogen-bond acceptors (Lipinski definition) is 6. The van der Waals surface area contributed by atoms with Gasteiger partial charge in [-0.3, -0.25) is 4.90 Å². The van der Waals surface area contributed by atoms with Gasteiger partial charge < -0.3 is 9.15 Å². The summed E-state index contributed by atoms with van der Waals surface area (Å²) in [5.74, 6) is -0.986. The number of carbonyl (C=O) groups excluding carboxylic acids is 1. The zero-order valence-electron chi connectivity index (χ0n) is 11.9. The van der Waals surface area contributed by atoms with Gasteiger partial charge in [0.15, 0.2) is 0 Å². The number of methoxy groups -OCH3 is 1. The van der Waals surface area contributed by atoms with Gasteiger partial charge in [-0.1, -0.05) is 0 Å². The molecule has 1 aliphatic heterocycles. The maximum atomic E-state index is 12.4. The molecule has 0 amide bonds. The van der Waals surface area contributed by atoms with Crippen molar-refractivity contribution in [2.24, 2.45) is 0 Å². The highest BCUT2D eigenvalue weighted by atomic mass is 32.2. The van der Waals surface area contributed by atoms with Crippen molar-refractivity contribution in [3.05, 3.63) is 17.9 Å². The molecular weight excluding hydrogens is 322 g/mol. The van der Waals surface area contributed by atoms with E-state index < -0.39 is 22.4 Å². The molecule has 0 bridgehead atoms. The van der Waals surface area contributed by atoms with Gasteiger partial charge in [-0.15, -0.1) is 0 Å². The molecule has 7 nitrogen and oxygen atoms in total. The maximum absolute atomic E-state index is 12.4. The number of furan rings is 1. The first-order valence-corrected chi connectivity index (χ1v) is 7.97. The van der Waals surface area contributed by atoms with Crippen LogP contribution in [-0.4, -0.2) is 69.9 Å². The molecule has 1 saturated heterocycles. The Morgan fingerprint density at radius 2 is 1.95 bits per heavy atom. The fourth-order valence-electron chi connectivity index (χ4n) is 2.14. The van der Waals surface area contributed by atoms with Gasteiger partial charge in [0.05, 0.1) is 13.7 Å². The monoisotopic (exact) mass is 338 g/mol. The van der Waals surface area contributed by atoms with Crippen LogP contribution in [0.5, 0.6) is 0 Å². The van der Waals surface area contributed by atoms with Crippen molar-refractivity contribution in [3.8, 4) is 0 Å². The van der Waals surface area contributed by atoms with E-state index in [9.17, 15) is 22.0 Å². The third kappa shape index (κ3) is 3.62. The average Bonchev–Trinajstić information content (AvgIpc) is 2.97. The lowest BCUT2D eigenvalue weighted by molar-refractivity contribution is 0.0558. The molecule has 2 heterocycles. The summed E-state index contributed by atoms with van der Waals surface area (Å²) in [5.41, 5.74) is 0. The molecule has 22 heavy (non-hydrogen) atoms. The Hall–Kier alpha value is -1.52. The first-order chi connectivity index (χ1) is 10.3. The lowest BCUT2D eigenvalue weighted by atomic mass is 10.3. The summed E-state index contributed by atoms with van der Waals surface area (Å²) in [5, 5.41) is -0.366. The minimum Gasteiger partial charge on any atom is -0.463 e. The second-order valence-corrected chi connectivity index (χ2v) is 6.57. The van der Waals surface area contributed by atoms with Gasteiger partial charge in [-0.25, -0.2) is 22.0 Å². The summed E-state index contributed by atoms with van der Waals surface area (Å²) in [4.78, 5) is 12.8. The van der Waals surface area contributed by atoms with Gasteiger partial charge in [-0.2, -0.15) is 4.31 Å². The molecular formula is C12H16F2N2O5S. The van der Waals surface area contributed by atoms with E-state index in [1.165, 1.54) is 17.0 Å². The molecule has 0 atom stereocenters. The molecule has 0 N–H and O–H groups in total. The fourth-order valence-corrected chi connectivity index (χ4v) is 3.48. The number of ether oxygens (including phenoxy) is 1. The first-order valence-electron chi connectivity index (χ1n) is 6.53. The third-order valence-corrected chi connectivity index (χ3v) is 5.06. The van der Waals surface area contributed by atoms with Gasteiger partial charge in [0, 0.05) is 26.2 Å². The number of halogens is 2. The maximum Gasteiger partial charge on any atom is 0.374 e. The van der Waals surface area contributed by atoms with Crippen LogP contribution in [-0.2, 0) is 14.8 Å². The molecule has 0 aromatic carbocycles. The Morgan fingerprint density at radius 3 is 2.50 bits per heavy atom. The molecule has 2 rings (SSSR count). The molecule has 10 heteroatoms. The van der Waals surface area contributed by atoms with E-state index in [-0.39, 0.29) is 43.6 Å². The number of sulfonamides is 1. The van der Waals surface area contributed by atoms with Crippen molar-refractivity contribution in [1.29, 1.82) is 0 Å². The molecule has 0 aliphatic carbocycles. The van der Waals surface area contributed by atoms with Crippen LogP contribution in [0.1, 0.15) is 10.6 Å². The van der Waals surface area contributed by atoms with Crippen LogP contribution < -0.4 is 0 Å². The number of carbonyl (C=O) groups is 1. The third-order valence-electron chi connectivity index (χ3n) is 3.29. The standard InChI is InChI=1S/C12H16F2N2O5S/c1-20-12(17)9-2-3-11(21-9)22(18,19)16-6-4-15(5-7-16)8-10(13)14/h2-3,10H,4-8H2,1H3. The van der Waals surface area contributed by atoms with E-state index in [0.717, 1.165) is 11.4 Å². The molecule has 0 radical (unpaired) electrons. The summed E-state index contributed by atoms with van der Waals surface area (Å²) in [6, 6.07) is 2.39. The quantitative estimate of drug-likeness (QED) is 0.733. The van der Waals surface area contributed by atoms with Crippen molar-refractivity contribution >= 4 is 16.0 Å². The Kier molecular flexibility index (Phi) is 5.14. The Labute approximate surface area is 126 Å². The largest absolute Gasteiger partial charge is 0.463 e. The minimum absolute atomic E-state index is 0.0866. The average molecular weight is 338 g/mol. The first kappa shape index (κ1) is 16.8. The van der Waals surface area contributed by atoms with Gasteiger partial charge >= 0.3 is 5.97 Å². The number of alkyl halides is 2. The van der Waals surface area contributed by atoms with Crippen molar-refractivity contribution in [2.75, 3.05) is 39.8 Å². The van der Waals surface area contributed by atoms with Crippen molar-refractivity contribution in [2.45, 2.75) is 11.5 Å². The smallest absolute Gasteiger partial charge is 0.374 e. The van der Waals surface area contributed by atoms with E-state index in [2.05, 4.69) is 4.74 Å². The van der Waals surface area contributed by atoms with Crippen molar-refractivity contribution in [1.82, 2.24) is 9.21 Å². The Bertz CT molecular complexity index is 623. The number of esters is 1. The molecule has 0 saturated carbocycles. The number of piperazine rings is 1. The van der Waals surface area contributed by atoms with Gasteiger partial charge in [0.1, 0.15) is 0 Å². The number of rotatable bonds is 5. The molecule has 1 aromatic rings. The van der Waals surface area contributed by atoms with Gasteiger partial charge in [0.25, 0.3) is 16.4 Å². The molecule has 1 aromatic heterocycles. The molecule has 0 unspecified atom stereocenters. The minimum atomic E-state index is -3.89. The van der Waals surface area contributed by atoms with E-state index in [1.807, 2.05) is 0 Å². The van der Waals surface area contributed by atoms with Gasteiger partial charge in [0.2, 0.25) is 10.9 Å². The second kappa shape index (κ2) is 6.71. The van der Waals surface area contributed by atoms with E-state index in [4.69, 9.17) is 4.42 Å². The fraction of sp³-hybridized carbons (Fsp3) is 0.583. The summed E-state index contributed by atoms with van der Waals surface area (Å²) in [7, 11) is -2.74. The van der Waals surface area contributed by atoms with Crippen molar-refractivity contribution in [3.63, 3.8) is 0 Å². The molecule has 1 fully saturated rings. The van der Waals surface area contributed by atoms with Crippen LogP contribution >= 0.6 is 0 Å². The lowest BCUT2D eigenvalue weighted by Crippen LogP contribution is -2.49. The highest BCUT2D eigenvalue weighted by Crippen LogP contribution is 2.21. The number of nitrogens with zero attached hydrogens (tertiary/aromatic N) is 2. The summed E-state index contributed by atoms with van der Waals surface area (Å²) in [6.45, 7) is 0.232. The molecule has 1 aliphatic rings. The van der Waals surface area contributed by atoms with E-state index in [0.29, 0.717) is 0 Å². The van der Waals surface area contributed by atoms with Crippen LogP contribution in [0.2, 0.25) is 0 Å². The summed E-state index contributed by atoms with van der Waals surface area (Å²) < 4.78 is 59.9. The highest BCUT2D eigenvalue weighted by molar-refractivity contribution is 7.89. The lowest BCUT2D eigenvalue weighted by Gasteiger charge is -2.33. The molecule has 124 valence electrons. The topological polar surface area (TPSA) is 80.1 Å². The number of hydrogen-bond donors (Lipinski definition) is 0. The van der Waals surface area contributed by atoms with E-state index >= 15 is 0 Å². The predicted octanol–water partition coefficient (Wildman–Crippen LogP) is 0.638. The Morgan fingerprint density at radius 1 is 1.32 bits per heavy atom. The zero-order valence-corrected chi connectivity index (χ0v) is 12.7. The zero-order chi connectivity index (χ0) is 16.3.